The molecule has 1 fully saturated rings. The maximum Gasteiger partial charge on any atom is 0.375 e. The fourth-order valence-corrected chi connectivity index (χ4v) is 3.00. The molecule has 0 aliphatic carbocycles. The van der Waals surface area contributed by atoms with Gasteiger partial charge in [-0.2, -0.15) is 0 Å². The highest BCUT2D eigenvalue weighted by molar-refractivity contribution is 5.90. The van der Waals surface area contributed by atoms with Crippen LogP contribution in [0.1, 0.15) is 29.0 Å². The molecule has 3 rings (SSSR count). The zero-order valence-electron chi connectivity index (χ0n) is 15.3. The van der Waals surface area contributed by atoms with Gasteiger partial charge in [-0.15, -0.1) is 0 Å². The fraction of sp³-hybridized carbons (Fsp3) is 0.350. The minimum atomic E-state index is -0.725. The molecule has 0 bridgehead atoms. The molecule has 1 aliphatic rings. The highest BCUT2D eigenvalue weighted by Gasteiger charge is 2.27. The average Bonchev–Trinajstić information content (AvgIpc) is 3.20. The van der Waals surface area contributed by atoms with Crippen molar-refractivity contribution >= 4 is 17.8 Å². The van der Waals surface area contributed by atoms with Gasteiger partial charge in [0.25, 0.3) is 5.91 Å². The number of furan rings is 1. The molecule has 148 valence electrons. The average molecular weight is 386 g/mol. The molecule has 0 unspecified atom stereocenters. The topological polar surface area (TPSA) is 112 Å². The van der Waals surface area contributed by atoms with E-state index in [4.69, 9.17) is 19.6 Å². The zero-order valence-corrected chi connectivity index (χ0v) is 15.3. The monoisotopic (exact) mass is 386 g/mol. The van der Waals surface area contributed by atoms with Crippen molar-refractivity contribution in [2.24, 2.45) is 11.7 Å². The number of nitrogens with two attached hydrogens (primary N) is 1. The molecular weight excluding hydrogens is 364 g/mol. The van der Waals surface area contributed by atoms with Crippen LogP contribution in [0, 0.1) is 5.92 Å². The lowest BCUT2D eigenvalue weighted by molar-refractivity contribution is -0.137. The number of hydrogen-bond donors (Lipinski definition) is 1. The molecule has 1 aliphatic heterocycles. The first kappa shape index (κ1) is 19.5. The summed E-state index contributed by atoms with van der Waals surface area (Å²) in [6.07, 6.45) is 2.42. The van der Waals surface area contributed by atoms with Crippen molar-refractivity contribution in [3.8, 4) is 5.75 Å². The van der Waals surface area contributed by atoms with Gasteiger partial charge >= 0.3 is 5.97 Å². The number of primary amides is 1. The number of nitrogens with zero attached hydrogens (tertiary/aromatic N) is 1. The molecule has 1 aromatic carbocycles. The minimum absolute atomic E-state index is 0.0103. The summed E-state index contributed by atoms with van der Waals surface area (Å²) in [5.74, 6) is -0.917. The van der Waals surface area contributed by atoms with Crippen molar-refractivity contribution in [1.82, 2.24) is 4.90 Å². The molecule has 2 heterocycles. The van der Waals surface area contributed by atoms with Gasteiger partial charge < -0.3 is 24.5 Å². The first-order valence-corrected chi connectivity index (χ1v) is 9.03. The molecule has 1 aromatic heterocycles. The van der Waals surface area contributed by atoms with Gasteiger partial charge in [0, 0.05) is 24.6 Å². The lowest BCUT2D eigenvalue weighted by Crippen LogP contribution is -2.43. The van der Waals surface area contributed by atoms with Crippen LogP contribution in [0.4, 0.5) is 0 Å². The van der Waals surface area contributed by atoms with E-state index in [0.29, 0.717) is 37.2 Å². The molecule has 28 heavy (non-hydrogen) atoms. The van der Waals surface area contributed by atoms with E-state index in [0.717, 1.165) is 0 Å². The highest BCUT2D eigenvalue weighted by Crippen LogP contribution is 2.18. The predicted molar refractivity (Wildman–Crippen MR) is 98.3 cm³/mol. The van der Waals surface area contributed by atoms with Crippen LogP contribution in [0.3, 0.4) is 0 Å². The summed E-state index contributed by atoms with van der Waals surface area (Å²) < 4.78 is 15.9. The van der Waals surface area contributed by atoms with Gasteiger partial charge in [-0.1, -0.05) is 18.2 Å². The number of carbonyl (C=O) groups excluding carboxylic acids is 3. The largest absolute Gasteiger partial charge is 0.489 e. The van der Waals surface area contributed by atoms with Crippen LogP contribution < -0.4 is 10.5 Å². The van der Waals surface area contributed by atoms with E-state index >= 15 is 0 Å². The van der Waals surface area contributed by atoms with Crippen molar-refractivity contribution in [2.75, 3.05) is 19.7 Å². The Morgan fingerprint density at radius 1 is 1.11 bits per heavy atom. The molecule has 0 radical (unpaired) electrons. The Labute approximate surface area is 162 Å². The van der Waals surface area contributed by atoms with Crippen LogP contribution >= 0.6 is 0 Å². The third-order valence-electron chi connectivity index (χ3n) is 4.65. The molecule has 0 saturated carbocycles. The SMILES string of the molecule is NC(=O)C1CCN(C(=O)COC(=O)c2occc2COc2ccccc2)CC1. The number of piperidine rings is 1. The highest BCUT2D eigenvalue weighted by atomic mass is 16.5. The maximum atomic E-state index is 12.3. The van der Waals surface area contributed by atoms with E-state index in [1.165, 1.54) is 6.26 Å². The van der Waals surface area contributed by atoms with Gasteiger partial charge in [0.05, 0.1) is 6.26 Å². The summed E-state index contributed by atoms with van der Waals surface area (Å²) in [6.45, 7) is 0.584. The molecule has 2 amide bonds. The van der Waals surface area contributed by atoms with Crippen molar-refractivity contribution in [1.29, 1.82) is 0 Å². The number of esters is 1. The summed E-state index contributed by atoms with van der Waals surface area (Å²) >= 11 is 0. The van der Waals surface area contributed by atoms with E-state index in [1.807, 2.05) is 18.2 Å². The second kappa shape index (κ2) is 9.07. The number of carbonyl (C=O) groups is 3. The fourth-order valence-electron chi connectivity index (χ4n) is 3.00. The van der Waals surface area contributed by atoms with Crippen LogP contribution in [0.25, 0.3) is 0 Å². The van der Waals surface area contributed by atoms with Crippen molar-refractivity contribution in [2.45, 2.75) is 19.4 Å². The number of ether oxygens (including phenoxy) is 2. The molecule has 1 saturated heterocycles. The summed E-state index contributed by atoms with van der Waals surface area (Å²) in [7, 11) is 0. The standard InChI is InChI=1S/C20H22N2O6/c21-19(24)14-6-9-22(10-7-14)17(23)13-28-20(25)18-15(8-11-26-18)12-27-16-4-2-1-3-5-16/h1-5,8,11,14H,6-7,9-10,12-13H2,(H2,21,24). The smallest absolute Gasteiger partial charge is 0.375 e. The molecule has 8 heteroatoms. The zero-order chi connectivity index (χ0) is 19.9. The van der Waals surface area contributed by atoms with E-state index in [2.05, 4.69) is 0 Å². The van der Waals surface area contributed by atoms with Crippen LogP contribution in [0.2, 0.25) is 0 Å². The summed E-state index contributed by atoms with van der Waals surface area (Å²) in [6, 6.07) is 10.8. The summed E-state index contributed by atoms with van der Waals surface area (Å²) in [5.41, 5.74) is 5.82. The first-order chi connectivity index (χ1) is 13.5. The normalized spacial score (nSPS) is 14.5. The van der Waals surface area contributed by atoms with Gasteiger partial charge in [-0.25, -0.2) is 4.79 Å². The Morgan fingerprint density at radius 3 is 2.50 bits per heavy atom. The van der Waals surface area contributed by atoms with E-state index in [-0.39, 0.29) is 36.7 Å². The van der Waals surface area contributed by atoms with Gasteiger partial charge in [0.2, 0.25) is 11.7 Å². The molecule has 8 nitrogen and oxygen atoms in total. The van der Waals surface area contributed by atoms with Crippen LogP contribution in [0.15, 0.2) is 47.1 Å². The molecule has 0 spiro atoms. The quantitative estimate of drug-likeness (QED) is 0.726. The Morgan fingerprint density at radius 2 is 1.82 bits per heavy atom. The Balaban J connectivity index is 1.48. The van der Waals surface area contributed by atoms with Crippen LogP contribution in [-0.4, -0.2) is 42.4 Å². The van der Waals surface area contributed by atoms with E-state index in [1.54, 1.807) is 23.1 Å². The third-order valence-corrected chi connectivity index (χ3v) is 4.65. The number of benzene rings is 1. The molecule has 0 atom stereocenters. The Hall–Kier alpha value is -3.29. The number of likely N-dealkylation sites (tertiary alicyclic amines) is 1. The third kappa shape index (κ3) is 4.91. The number of rotatable bonds is 7. The second-order valence-corrected chi connectivity index (χ2v) is 6.51. The van der Waals surface area contributed by atoms with Crippen molar-refractivity contribution in [3.63, 3.8) is 0 Å². The van der Waals surface area contributed by atoms with Gasteiger partial charge in [-0.05, 0) is 31.0 Å². The van der Waals surface area contributed by atoms with Gasteiger partial charge in [-0.3, -0.25) is 9.59 Å². The first-order valence-electron chi connectivity index (χ1n) is 9.03. The number of para-hydroxylation sites is 1. The van der Waals surface area contributed by atoms with E-state index < -0.39 is 5.97 Å². The van der Waals surface area contributed by atoms with Crippen LogP contribution in [-0.2, 0) is 20.9 Å². The van der Waals surface area contributed by atoms with Gasteiger partial charge in [0.1, 0.15) is 12.4 Å². The Kier molecular flexibility index (Phi) is 6.31. The number of hydrogen-bond acceptors (Lipinski definition) is 6. The molecule has 2 N–H and O–H groups in total. The summed E-state index contributed by atoms with van der Waals surface area (Å²) in [4.78, 5) is 37.2. The van der Waals surface area contributed by atoms with Gasteiger partial charge in [0.15, 0.2) is 6.61 Å². The van der Waals surface area contributed by atoms with Crippen molar-refractivity contribution < 1.29 is 28.3 Å². The predicted octanol–water partition coefficient (Wildman–Crippen LogP) is 1.74. The molecule has 2 aromatic rings. The Bertz CT molecular complexity index is 824. The lowest BCUT2D eigenvalue weighted by atomic mass is 9.96. The van der Waals surface area contributed by atoms with E-state index in [9.17, 15) is 14.4 Å². The van der Waals surface area contributed by atoms with Crippen LogP contribution in [0.5, 0.6) is 5.75 Å². The second-order valence-electron chi connectivity index (χ2n) is 6.51. The maximum absolute atomic E-state index is 12.3. The summed E-state index contributed by atoms with van der Waals surface area (Å²) in [5, 5.41) is 0. The molecular formula is C20H22N2O6. The minimum Gasteiger partial charge on any atom is -0.489 e. The number of amides is 2. The van der Waals surface area contributed by atoms with Crippen molar-refractivity contribution in [3.05, 3.63) is 54.0 Å². The lowest BCUT2D eigenvalue weighted by Gasteiger charge is -2.30.